The number of hydrogen-bond acceptors (Lipinski definition) is 4. The molecule has 19 heavy (non-hydrogen) atoms. The molecule has 0 aromatic carbocycles. The molecule has 1 unspecified atom stereocenters. The standard InChI is InChI=1S/C14H21N3O2/c18-14(19)3-2-13-11-17(9-1-6-16-13)10-12-4-7-15-8-5-12/h4-5,7-8,13,16H,1-3,6,9-11H2,(H,18,19). The van der Waals surface area contributed by atoms with Crippen molar-refractivity contribution in [2.75, 3.05) is 19.6 Å². The van der Waals surface area contributed by atoms with Gasteiger partial charge in [0.15, 0.2) is 0 Å². The van der Waals surface area contributed by atoms with Gasteiger partial charge in [-0.25, -0.2) is 0 Å². The van der Waals surface area contributed by atoms with E-state index in [-0.39, 0.29) is 12.5 Å². The largest absolute Gasteiger partial charge is 0.481 e. The average Bonchev–Trinajstić information content (AvgIpc) is 2.63. The van der Waals surface area contributed by atoms with Crippen molar-refractivity contribution in [3.63, 3.8) is 0 Å². The predicted molar refractivity (Wildman–Crippen MR) is 72.8 cm³/mol. The van der Waals surface area contributed by atoms with Crippen molar-refractivity contribution < 1.29 is 9.90 Å². The molecule has 0 saturated carbocycles. The van der Waals surface area contributed by atoms with Crippen LogP contribution in [0.15, 0.2) is 24.5 Å². The number of carboxylic acid groups (broad SMARTS) is 1. The van der Waals surface area contributed by atoms with Gasteiger partial charge in [-0.3, -0.25) is 14.7 Å². The van der Waals surface area contributed by atoms with Crippen molar-refractivity contribution in [3.8, 4) is 0 Å². The first-order valence-electron chi connectivity index (χ1n) is 6.80. The first kappa shape index (κ1) is 14.0. The van der Waals surface area contributed by atoms with Crippen molar-refractivity contribution in [3.05, 3.63) is 30.1 Å². The minimum absolute atomic E-state index is 0.237. The maximum atomic E-state index is 10.7. The summed E-state index contributed by atoms with van der Waals surface area (Å²) in [7, 11) is 0. The van der Waals surface area contributed by atoms with Crippen molar-refractivity contribution in [1.29, 1.82) is 0 Å². The molecule has 5 heteroatoms. The first-order valence-corrected chi connectivity index (χ1v) is 6.80. The van der Waals surface area contributed by atoms with Gasteiger partial charge in [-0.05, 0) is 43.6 Å². The van der Waals surface area contributed by atoms with Gasteiger partial charge in [0.25, 0.3) is 0 Å². The molecular formula is C14H21N3O2. The van der Waals surface area contributed by atoms with Gasteiger partial charge in [-0.1, -0.05) is 0 Å². The van der Waals surface area contributed by atoms with E-state index >= 15 is 0 Å². The highest BCUT2D eigenvalue weighted by Gasteiger charge is 2.18. The van der Waals surface area contributed by atoms with E-state index in [4.69, 9.17) is 5.11 Å². The van der Waals surface area contributed by atoms with Crippen molar-refractivity contribution >= 4 is 5.97 Å². The van der Waals surface area contributed by atoms with E-state index in [1.165, 1.54) is 5.56 Å². The van der Waals surface area contributed by atoms with Crippen LogP contribution in [0.25, 0.3) is 0 Å². The number of pyridine rings is 1. The van der Waals surface area contributed by atoms with Gasteiger partial charge in [-0.15, -0.1) is 0 Å². The molecule has 1 atom stereocenters. The van der Waals surface area contributed by atoms with E-state index in [2.05, 4.69) is 15.2 Å². The summed E-state index contributed by atoms with van der Waals surface area (Å²) in [5, 5.41) is 12.2. The Morgan fingerprint density at radius 1 is 1.47 bits per heavy atom. The minimum atomic E-state index is -0.716. The molecule has 5 nitrogen and oxygen atoms in total. The zero-order valence-corrected chi connectivity index (χ0v) is 11.1. The quantitative estimate of drug-likeness (QED) is 0.833. The van der Waals surface area contributed by atoms with Crippen LogP contribution in [-0.2, 0) is 11.3 Å². The Bertz CT molecular complexity index is 397. The van der Waals surface area contributed by atoms with Crippen LogP contribution >= 0.6 is 0 Å². The average molecular weight is 263 g/mol. The van der Waals surface area contributed by atoms with E-state index in [0.29, 0.717) is 6.42 Å². The Kier molecular flexibility index (Phi) is 5.30. The fraction of sp³-hybridized carbons (Fsp3) is 0.571. The summed E-state index contributed by atoms with van der Waals surface area (Å²) < 4.78 is 0. The van der Waals surface area contributed by atoms with Gasteiger partial charge >= 0.3 is 5.97 Å². The normalized spacial score (nSPS) is 20.9. The molecule has 1 aliphatic heterocycles. The molecule has 0 spiro atoms. The van der Waals surface area contributed by atoms with Crippen LogP contribution in [0.5, 0.6) is 0 Å². The number of nitrogens with zero attached hydrogens (tertiary/aromatic N) is 2. The number of aliphatic carboxylic acids is 1. The van der Waals surface area contributed by atoms with Crippen LogP contribution in [0.2, 0.25) is 0 Å². The summed E-state index contributed by atoms with van der Waals surface area (Å²) in [6.45, 7) is 3.85. The monoisotopic (exact) mass is 263 g/mol. The first-order chi connectivity index (χ1) is 9.24. The van der Waals surface area contributed by atoms with Gasteiger partial charge in [0.1, 0.15) is 0 Å². The van der Waals surface area contributed by atoms with Crippen molar-refractivity contribution in [2.45, 2.75) is 31.8 Å². The Morgan fingerprint density at radius 2 is 2.26 bits per heavy atom. The van der Waals surface area contributed by atoms with Crippen LogP contribution in [0, 0.1) is 0 Å². The molecule has 0 radical (unpaired) electrons. The smallest absolute Gasteiger partial charge is 0.303 e. The van der Waals surface area contributed by atoms with Crippen LogP contribution in [-0.4, -0.2) is 46.6 Å². The number of carbonyl (C=O) groups is 1. The predicted octanol–water partition coefficient (Wildman–Crippen LogP) is 1.11. The Hall–Kier alpha value is -1.46. The zero-order chi connectivity index (χ0) is 13.5. The topological polar surface area (TPSA) is 65.5 Å². The lowest BCUT2D eigenvalue weighted by molar-refractivity contribution is -0.137. The molecule has 2 heterocycles. The fourth-order valence-corrected chi connectivity index (χ4v) is 2.46. The van der Waals surface area contributed by atoms with Crippen LogP contribution in [0.3, 0.4) is 0 Å². The molecule has 1 aromatic heterocycles. The van der Waals surface area contributed by atoms with Crippen molar-refractivity contribution in [1.82, 2.24) is 15.2 Å². The lowest BCUT2D eigenvalue weighted by Gasteiger charge is -2.24. The van der Waals surface area contributed by atoms with E-state index in [9.17, 15) is 4.79 Å². The van der Waals surface area contributed by atoms with E-state index in [0.717, 1.165) is 32.6 Å². The van der Waals surface area contributed by atoms with Gasteiger partial charge in [0.05, 0.1) is 0 Å². The molecule has 2 rings (SSSR count). The lowest BCUT2D eigenvalue weighted by Crippen LogP contribution is -2.37. The summed E-state index contributed by atoms with van der Waals surface area (Å²) >= 11 is 0. The third-order valence-corrected chi connectivity index (χ3v) is 3.42. The molecule has 2 N–H and O–H groups in total. The summed E-state index contributed by atoms with van der Waals surface area (Å²) in [4.78, 5) is 17.1. The highest BCUT2D eigenvalue weighted by molar-refractivity contribution is 5.66. The van der Waals surface area contributed by atoms with E-state index < -0.39 is 5.97 Å². The van der Waals surface area contributed by atoms with Crippen LogP contribution in [0.4, 0.5) is 0 Å². The molecule has 1 aliphatic rings. The number of rotatable bonds is 5. The summed E-state index contributed by atoms with van der Waals surface area (Å²) in [6, 6.07) is 4.34. The second kappa shape index (κ2) is 7.21. The van der Waals surface area contributed by atoms with Crippen LogP contribution < -0.4 is 5.32 Å². The molecule has 1 aromatic rings. The Labute approximate surface area is 113 Å². The second-order valence-corrected chi connectivity index (χ2v) is 5.03. The third-order valence-electron chi connectivity index (χ3n) is 3.42. The Balaban J connectivity index is 1.87. The van der Waals surface area contributed by atoms with Gasteiger partial charge in [0, 0.05) is 37.9 Å². The van der Waals surface area contributed by atoms with Gasteiger partial charge in [0.2, 0.25) is 0 Å². The lowest BCUT2D eigenvalue weighted by atomic mass is 10.1. The molecule has 104 valence electrons. The maximum absolute atomic E-state index is 10.7. The number of aromatic nitrogens is 1. The minimum Gasteiger partial charge on any atom is -0.481 e. The summed E-state index contributed by atoms with van der Waals surface area (Å²) in [5.74, 6) is -0.716. The van der Waals surface area contributed by atoms with Crippen molar-refractivity contribution in [2.24, 2.45) is 0 Å². The zero-order valence-electron chi connectivity index (χ0n) is 11.1. The molecule has 0 aliphatic carbocycles. The summed E-state index contributed by atoms with van der Waals surface area (Å²) in [6.07, 6.45) is 5.66. The highest BCUT2D eigenvalue weighted by Crippen LogP contribution is 2.10. The van der Waals surface area contributed by atoms with E-state index in [1.54, 1.807) is 0 Å². The SMILES string of the molecule is O=C(O)CCC1CN(Cc2ccncc2)CCCN1. The molecule has 0 bridgehead atoms. The van der Waals surface area contributed by atoms with E-state index in [1.807, 2.05) is 24.5 Å². The number of nitrogens with one attached hydrogen (secondary N) is 1. The molecule has 0 amide bonds. The third kappa shape index (κ3) is 4.96. The van der Waals surface area contributed by atoms with Gasteiger partial charge < -0.3 is 10.4 Å². The Morgan fingerprint density at radius 3 is 3.00 bits per heavy atom. The number of hydrogen-bond donors (Lipinski definition) is 2. The second-order valence-electron chi connectivity index (χ2n) is 5.03. The summed E-state index contributed by atoms with van der Waals surface area (Å²) in [5.41, 5.74) is 1.26. The highest BCUT2D eigenvalue weighted by atomic mass is 16.4. The van der Waals surface area contributed by atoms with Crippen LogP contribution in [0.1, 0.15) is 24.8 Å². The van der Waals surface area contributed by atoms with Gasteiger partial charge in [-0.2, -0.15) is 0 Å². The number of carboxylic acids is 1. The molecular weight excluding hydrogens is 242 g/mol. The fourth-order valence-electron chi connectivity index (χ4n) is 2.46. The molecule has 1 saturated heterocycles. The maximum Gasteiger partial charge on any atom is 0.303 e. The molecule has 1 fully saturated rings.